The normalized spacial score (nSPS) is 11.0. The number of benzene rings is 1. The van der Waals surface area contributed by atoms with Crippen LogP contribution in [0.2, 0.25) is 5.02 Å². The first kappa shape index (κ1) is 18.3. The highest BCUT2D eigenvalue weighted by Gasteiger charge is 2.09. The van der Waals surface area contributed by atoms with Crippen LogP contribution in [0.5, 0.6) is 11.8 Å². The van der Waals surface area contributed by atoms with Crippen molar-refractivity contribution in [1.82, 2.24) is 15.0 Å². The van der Waals surface area contributed by atoms with E-state index in [1.165, 1.54) is 0 Å². The van der Waals surface area contributed by atoms with Gasteiger partial charge in [-0.2, -0.15) is 15.0 Å². The molecule has 1 heterocycles. The van der Waals surface area contributed by atoms with Gasteiger partial charge in [0.2, 0.25) is 11.9 Å². The second kappa shape index (κ2) is 8.68. The Morgan fingerprint density at radius 2 is 1.38 bits per heavy atom. The van der Waals surface area contributed by atoms with Crippen molar-refractivity contribution in [3.05, 3.63) is 29.3 Å². The van der Waals surface area contributed by atoms with E-state index in [4.69, 9.17) is 16.3 Å². The van der Waals surface area contributed by atoms with E-state index in [0.717, 1.165) is 13.1 Å². The van der Waals surface area contributed by atoms with E-state index in [2.05, 4.69) is 53.3 Å². The van der Waals surface area contributed by atoms with Crippen LogP contribution in [-0.2, 0) is 0 Å². The third-order valence-electron chi connectivity index (χ3n) is 2.97. The summed E-state index contributed by atoms with van der Waals surface area (Å²) >= 11 is 5.89. The van der Waals surface area contributed by atoms with Gasteiger partial charge in [0.1, 0.15) is 5.75 Å². The topological polar surface area (TPSA) is 72.0 Å². The summed E-state index contributed by atoms with van der Waals surface area (Å²) in [7, 11) is 0. The molecular formula is C17H24ClN5O. The summed E-state index contributed by atoms with van der Waals surface area (Å²) in [4.78, 5) is 13.0. The van der Waals surface area contributed by atoms with Crippen molar-refractivity contribution in [2.24, 2.45) is 11.8 Å². The maximum atomic E-state index is 5.89. The molecule has 24 heavy (non-hydrogen) atoms. The van der Waals surface area contributed by atoms with E-state index in [1.54, 1.807) is 24.3 Å². The Kier molecular flexibility index (Phi) is 6.61. The molecule has 0 aliphatic rings. The van der Waals surface area contributed by atoms with E-state index < -0.39 is 0 Å². The number of ether oxygens (including phenoxy) is 1. The van der Waals surface area contributed by atoms with Crippen LogP contribution in [0.3, 0.4) is 0 Å². The van der Waals surface area contributed by atoms with Gasteiger partial charge in [0.25, 0.3) is 0 Å². The number of nitrogens with one attached hydrogen (secondary N) is 2. The van der Waals surface area contributed by atoms with Crippen LogP contribution in [0, 0.1) is 11.8 Å². The van der Waals surface area contributed by atoms with Gasteiger partial charge in [0.15, 0.2) is 0 Å². The Hall–Kier alpha value is -2.08. The lowest BCUT2D eigenvalue weighted by atomic mass is 10.2. The number of hydrogen-bond donors (Lipinski definition) is 2. The molecule has 2 rings (SSSR count). The molecule has 7 heteroatoms. The average molecular weight is 350 g/mol. The quantitative estimate of drug-likeness (QED) is 0.733. The van der Waals surface area contributed by atoms with Crippen molar-refractivity contribution in [2.75, 3.05) is 23.7 Å². The predicted molar refractivity (Wildman–Crippen MR) is 98.0 cm³/mol. The van der Waals surface area contributed by atoms with Crippen LogP contribution in [0.25, 0.3) is 0 Å². The Balaban J connectivity index is 2.18. The maximum Gasteiger partial charge on any atom is 0.328 e. The van der Waals surface area contributed by atoms with Gasteiger partial charge in [-0.15, -0.1) is 0 Å². The summed E-state index contributed by atoms with van der Waals surface area (Å²) in [5.41, 5.74) is 0. The summed E-state index contributed by atoms with van der Waals surface area (Å²) < 4.78 is 5.73. The molecule has 6 nitrogen and oxygen atoms in total. The van der Waals surface area contributed by atoms with E-state index in [0.29, 0.717) is 34.5 Å². The summed E-state index contributed by atoms with van der Waals surface area (Å²) in [5.74, 6) is 2.57. The fourth-order valence-corrected chi connectivity index (χ4v) is 1.89. The second-order valence-corrected chi connectivity index (χ2v) is 6.81. The number of nitrogens with zero attached hydrogens (tertiary/aromatic N) is 3. The molecule has 0 saturated carbocycles. The van der Waals surface area contributed by atoms with Crippen molar-refractivity contribution >= 4 is 23.5 Å². The van der Waals surface area contributed by atoms with Crippen LogP contribution in [-0.4, -0.2) is 28.0 Å². The third kappa shape index (κ3) is 6.20. The third-order valence-corrected chi connectivity index (χ3v) is 3.23. The average Bonchev–Trinajstić information content (AvgIpc) is 2.53. The molecule has 0 aliphatic carbocycles. The zero-order valence-electron chi connectivity index (χ0n) is 14.5. The number of hydrogen-bond acceptors (Lipinski definition) is 6. The van der Waals surface area contributed by atoms with Gasteiger partial charge in [0.05, 0.1) is 0 Å². The number of halogens is 1. The summed E-state index contributed by atoms with van der Waals surface area (Å²) in [6.45, 7) is 10.0. The number of aromatic nitrogens is 3. The van der Waals surface area contributed by atoms with E-state index in [9.17, 15) is 0 Å². The molecule has 0 radical (unpaired) electrons. The predicted octanol–water partition coefficient (Wildman–Crippen LogP) is 4.45. The minimum Gasteiger partial charge on any atom is -0.424 e. The van der Waals surface area contributed by atoms with Gasteiger partial charge in [0, 0.05) is 18.1 Å². The molecule has 0 amide bonds. The highest BCUT2D eigenvalue weighted by Crippen LogP contribution is 2.22. The molecule has 0 saturated heterocycles. The van der Waals surface area contributed by atoms with Crippen molar-refractivity contribution < 1.29 is 4.74 Å². The fourth-order valence-electron chi connectivity index (χ4n) is 1.76. The van der Waals surface area contributed by atoms with Gasteiger partial charge in [-0.1, -0.05) is 39.3 Å². The molecule has 0 aliphatic heterocycles. The van der Waals surface area contributed by atoms with Crippen LogP contribution in [0.1, 0.15) is 27.7 Å². The standard InChI is InChI=1S/C17H24ClN5O/c1-11(2)9-19-15-21-16(20-10-12(3)4)23-17(22-15)24-14-7-5-13(18)6-8-14/h5-8,11-12H,9-10H2,1-4H3,(H2,19,20,21,22,23). The largest absolute Gasteiger partial charge is 0.424 e. The minimum absolute atomic E-state index is 0.241. The zero-order chi connectivity index (χ0) is 17.5. The number of anilines is 2. The molecule has 2 aromatic rings. The summed E-state index contributed by atoms with van der Waals surface area (Å²) in [6.07, 6.45) is 0. The minimum atomic E-state index is 0.241. The highest BCUT2D eigenvalue weighted by molar-refractivity contribution is 6.30. The summed E-state index contributed by atoms with van der Waals surface area (Å²) in [5, 5.41) is 7.06. The lowest BCUT2D eigenvalue weighted by molar-refractivity contribution is 0.441. The molecule has 0 unspecified atom stereocenters. The van der Waals surface area contributed by atoms with Gasteiger partial charge >= 0.3 is 6.01 Å². The first-order valence-electron chi connectivity index (χ1n) is 8.09. The lowest BCUT2D eigenvalue weighted by Crippen LogP contribution is -2.15. The lowest BCUT2D eigenvalue weighted by Gasteiger charge is -2.12. The van der Waals surface area contributed by atoms with Gasteiger partial charge in [-0.25, -0.2) is 0 Å². The van der Waals surface area contributed by atoms with Crippen molar-refractivity contribution in [3.63, 3.8) is 0 Å². The monoisotopic (exact) mass is 349 g/mol. The van der Waals surface area contributed by atoms with E-state index in [1.807, 2.05) is 0 Å². The first-order chi connectivity index (χ1) is 11.4. The molecule has 2 N–H and O–H groups in total. The van der Waals surface area contributed by atoms with Crippen molar-refractivity contribution in [2.45, 2.75) is 27.7 Å². The summed E-state index contributed by atoms with van der Waals surface area (Å²) in [6, 6.07) is 7.30. The van der Waals surface area contributed by atoms with Crippen LogP contribution >= 0.6 is 11.6 Å². The van der Waals surface area contributed by atoms with Gasteiger partial charge in [-0.3, -0.25) is 0 Å². The molecule has 0 bridgehead atoms. The Morgan fingerprint density at radius 1 is 0.875 bits per heavy atom. The molecule has 130 valence electrons. The smallest absolute Gasteiger partial charge is 0.328 e. The Labute approximate surface area is 148 Å². The molecule has 1 aromatic heterocycles. The molecular weight excluding hydrogens is 326 g/mol. The van der Waals surface area contributed by atoms with E-state index in [-0.39, 0.29) is 6.01 Å². The second-order valence-electron chi connectivity index (χ2n) is 6.37. The Morgan fingerprint density at radius 3 is 1.83 bits per heavy atom. The SMILES string of the molecule is CC(C)CNc1nc(NCC(C)C)nc(Oc2ccc(Cl)cc2)n1. The first-order valence-corrected chi connectivity index (χ1v) is 8.47. The van der Waals surface area contributed by atoms with Crippen LogP contribution in [0.15, 0.2) is 24.3 Å². The van der Waals surface area contributed by atoms with Crippen LogP contribution in [0.4, 0.5) is 11.9 Å². The molecule has 0 atom stereocenters. The van der Waals surface area contributed by atoms with Crippen LogP contribution < -0.4 is 15.4 Å². The van der Waals surface area contributed by atoms with Gasteiger partial charge < -0.3 is 15.4 Å². The molecule has 0 spiro atoms. The molecule has 1 aromatic carbocycles. The Bertz CT molecular complexity index is 616. The fraction of sp³-hybridized carbons (Fsp3) is 0.471. The zero-order valence-corrected chi connectivity index (χ0v) is 15.3. The van der Waals surface area contributed by atoms with Gasteiger partial charge in [-0.05, 0) is 36.1 Å². The molecule has 0 fully saturated rings. The maximum absolute atomic E-state index is 5.89. The highest BCUT2D eigenvalue weighted by atomic mass is 35.5. The number of rotatable bonds is 8. The van der Waals surface area contributed by atoms with Crippen molar-refractivity contribution in [1.29, 1.82) is 0 Å². The van der Waals surface area contributed by atoms with E-state index >= 15 is 0 Å². The van der Waals surface area contributed by atoms with Crippen molar-refractivity contribution in [3.8, 4) is 11.8 Å².